The zero-order chi connectivity index (χ0) is 38.8. The van der Waals surface area contributed by atoms with Gasteiger partial charge in [-0.3, -0.25) is 9.59 Å². The molecular weight excluding hydrogens is 676 g/mol. The molecule has 0 amide bonds. The summed E-state index contributed by atoms with van der Waals surface area (Å²) in [6.07, 6.45) is 27.9. The number of unbranched alkanes of at least 4 members (excludes halogenated alkanes) is 23. The maximum absolute atomic E-state index is 12.7. The third-order valence-electron chi connectivity index (χ3n) is 10.2. The molecule has 0 saturated carbocycles. The van der Waals surface area contributed by atoms with Gasteiger partial charge in [0.05, 0.1) is 13.2 Å². The van der Waals surface area contributed by atoms with Gasteiger partial charge in [0.1, 0.15) is 31.0 Å². The van der Waals surface area contributed by atoms with Crippen molar-refractivity contribution in [1.82, 2.24) is 0 Å². The summed E-state index contributed by atoms with van der Waals surface area (Å²) < 4.78 is 22.1. The van der Waals surface area contributed by atoms with Crippen LogP contribution in [0.5, 0.6) is 0 Å². The number of hydrogen-bond acceptors (Lipinski definition) is 10. The molecule has 6 atom stereocenters. The Morgan fingerprint density at radius 3 is 1.53 bits per heavy atom. The molecule has 0 aromatic heterocycles. The van der Waals surface area contributed by atoms with Crippen LogP contribution < -0.4 is 0 Å². The van der Waals surface area contributed by atoms with Crippen LogP contribution in [0.1, 0.15) is 194 Å². The predicted octanol–water partition coefficient (Wildman–Crippen LogP) is 8.78. The van der Waals surface area contributed by atoms with Gasteiger partial charge in [-0.15, -0.1) is 0 Å². The van der Waals surface area contributed by atoms with Crippen LogP contribution in [0.3, 0.4) is 0 Å². The third-order valence-corrected chi connectivity index (χ3v) is 10.2. The van der Waals surface area contributed by atoms with Crippen LogP contribution in [0.15, 0.2) is 12.2 Å². The van der Waals surface area contributed by atoms with Crippen LogP contribution >= 0.6 is 0 Å². The van der Waals surface area contributed by atoms with Crippen molar-refractivity contribution in [2.45, 2.75) is 230 Å². The Hall–Kier alpha value is -1.56. The number of esters is 2. The van der Waals surface area contributed by atoms with E-state index in [1.54, 1.807) is 0 Å². The van der Waals surface area contributed by atoms with Gasteiger partial charge < -0.3 is 39.4 Å². The highest BCUT2D eigenvalue weighted by molar-refractivity contribution is 5.70. The van der Waals surface area contributed by atoms with E-state index in [0.29, 0.717) is 6.42 Å². The Labute approximate surface area is 322 Å². The first-order valence-electron chi connectivity index (χ1n) is 21.8. The first-order chi connectivity index (χ1) is 25.8. The van der Waals surface area contributed by atoms with Crippen molar-refractivity contribution < 1.29 is 49.0 Å². The average molecular weight is 757 g/mol. The molecule has 2 unspecified atom stereocenters. The molecule has 53 heavy (non-hydrogen) atoms. The van der Waals surface area contributed by atoms with Crippen LogP contribution in [0.25, 0.3) is 0 Å². The molecule has 0 aliphatic carbocycles. The van der Waals surface area contributed by atoms with E-state index in [9.17, 15) is 30.0 Å². The Bertz CT molecular complexity index is 881. The van der Waals surface area contributed by atoms with Gasteiger partial charge in [-0.05, 0) is 32.1 Å². The monoisotopic (exact) mass is 757 g/mol. The molecule has 1 rings (SSSR count). The van der Waals surface area contributed by atoms with Crippen molar-refractivity contribution in [3.8, 4) is 0 Å². The summed E-state index contributed by atoms with van der Waals surface area (Å²) in [5.74, 6) is -0.810. The summed E-state index contributed by atoms with van der Waals surface area (Å²) >= 11 is 0. The number of carbonyl (C=O) groups excluding carboxylic acids is 2. The van der Waals surface area contributed by atoms with Gasteiger partial charge in [-0.1, -0.05) is 161 Å². The van der Waals surface area contributed by atoms with Gasteiger partial charge in [0.25, 0.3) is 0 Å². The summed E-state index contributed by atoms with van der Waals surface area (Å²) in [7, 11) is 0. The fraction of sp³-hybridized carbons (Fsp3) is 0.907. The highest BCUT2D eigenvalue weighted by Crippen LogP contribution is 2.23. The van der Waals surface area contributed by atoms with Gasteiger partial charge in [-0.2, -0.15) is 0 Å². The second kappa shape index (κ2) is 34.9. The van der Waals surface area contributed by atoms with Crippen LogP contribution in [0.4, 0.5) is 0 Å². The summed E-state index contributed by atoms with van der Waals surface area (Å²) in [4.78, 5) is 25.2. The highest BCUT2D eigenvalue weighted by atomic mass is 16.7. The smallest absolute Gasteiger partial charge is 0.306 e. The predicted molar refractivity (Wildman–Crippen MR) is 210 cm³/mol. The Balaban J connectivity index is 2.31. The number of hydrogen-bond donors (Lipinski definition) is 4. The zero-order valence-electron chi connectivity index (χ0n) is 33.8. The van der Waals surface area contributed by atoms with Crippen molar-refractivity contribution in [1.29, 1.82) is 0 Å². The number of ether oxygens (including phenoxy) is 4. The second-order valence-electron chi connectivity index (χ2n) is 15.2. The summed E-state index contributed by atoms with van der Waals surface area (Å²) in [6, 6.07) is 0. The molecule has 0 radical (unpaired) electrons. The average Bonchev–Trinajstić information content (AvgIpc) is 3.15. The quantitative estimate of drug-likeness (QED) is 0.0277. The minimum atomic E-state index is -1.59. The van der Waals surface area contributed by atoms with Gasteiger partial charge in [0.15, 0.2) is 12.4 Å². The Morgan fingerprint density at radius 2 is 1.02 bits per heavy atom. The molecule has 1 saturated heterocycles. The standard InChI is InChI=1S/C43H80O10/c1-3-5-7-9-11-13-15-16-17-18-19-20-22-23-25-27-29-31-38(45)50-34-36(35-51-43-42(49)41(48)40(47)37(33-44)53-43)52-39(46)32-30-28-26-24-21-14-12-10-8-6-4-2/h10,12,36-37,40-44,47-49H,3-9,11,13-35H2,1-2H3/b12-10+/t36-,37-,40+,41?,42?,43-/m0/s1. The van der Waals surface area contributed by atoms with Gasteiger partial charge in [-0.25, -0.2) is 0 Å². The van der Waals surface area contributed by atoms with Crippen LogP contribution in [-0.2, 0) is 28.5 Å². The van der Waals surface area contributed by atoms with E-state index in [1.165, 1.54) is 103 Å². The van der Waals surface area contributed by atoms with E-state index in [4.69, 9.17) is 18.9 Å². The van der Waals surface area contributed by atoms with E-state index in [2.05, 4.69) is 26.0 Å². The van der Waals surface area contributed by atoms with Crippen LogP contribution in [-0.4, -0.2) is 89.0 Å². The molecule has 1 heterocycles. The fourth-order valence-electron chi connectivity index (χ4n) is 6.64. The lowest BCUT2D eigenvalue weighted by Crippen LogP contribution is -2.59. The molecule has 1 fully saturated rings. The normalized spacial score (nSPS) is 20.9. The molecule has 4 N–H and O–H groups in total. The minimum Gasteiger partial charge on any atom is -0.462 e. The molecule has 10 heteroatoms. The van der Waals surface area contributed by atoms with E-state index in [0.717, 1.165) is 57.8 Å². The third kappa shape index (κ3) is 26.8. The number of rotatable bonds is 36. The van der Waals surface area contributed by atoms with E-state index in [-0.39, 0.29) is 32.0 Å². The lowest BCUT2D eigenvalue weighted by atomic mass is 9.99. The lowest BCUT2D eigenvalue weighted by Gasteiger charge is -2.39. The van der Waals surface area contributed by atoms with Crippen LogP contribution in [0.2, 0.25) is 0 Å². The van der Waals surface area contributed by atoms with Crippen molar-refractivity contribution in [3.05, 3.63) is 12.2 Å². The van der Waals surface area contributed by atoms with Gasteiger partial charge in [0, 0.05) is 12.8 Å². The van der Waals surface area contributed by atoms with Crippen molar-refractivity contribution in [2.24, 2.45) is 0 Å². The zero-order valence-corrected chi connectivity index (χ0v) is 33.8. The maximum atomic E-state index is 12.7. The van der Waals surface area contributed by atoms with Crippen molar-refractivity contribution in [3.63, 3.8) is 0 Å². The van der Waals surface area contributed by atoms with E-state index in [1.807, 2.05) is 0 Å². The first-order valence-corrected chi connectivity index (χ1v) is 21.8. The van der Waals surface area contributed by atoms with Crippen LogP contribution in [0, 0.1) is 0 Å². The lowest BCUT2D eigenvalue weighted by molar-refractivity contribution is -0.305. The van der Waals surface area contributed by atoms with Gasteiger partial charge >= 0.3 is 11.9 Å². The molecular formula is C43H80O10. The number of allylic oxidation sites excluding steroid dienone is 2. The summed E-state index contributed by atoms with van der Waals surface area (Å²) in [5.41, 5.74) is 0. The first kappa shape index (κ1) is 49.5. The molecule has 0 spiro atoms. The number of aliphatic hydroxyl groups is 4. The number of carbonyl (C=O) groups is 2. The second-order valence-corrected chi connectivity index (χ2v) is 15.2. The van der Waals surface area contributed by atoms with E-state index >= 15 is 0 Å². The van der Waals surface area contributed by atoms with E-state index < -0.39 is 49.4 Å². The highest BCUT2D eigenvalue weighted by Gasteiger charge is 2.44. The fourth-order valence-corrected chi connectivity index (χ4v) is 6.64. The molecule has 10 nitrogen and oxygen atoms in total. The Kier molecular flexibility index (Phi) is 32.6. The molecule has 312 valence electrons. The van der Waals surface area contributed by atoms with Crippen molar-refractivity contribution >= 4 is 11.9 Å². The maximum Gasteiger partial charge on any atom is 0.306 e. The molecule has 0 aromatic rings. The largest absolute Gasteiger partial charge is 0.462 e. The molecule has 0 bridgehead atoms. The SMILES string of the molecule is CCCC/C=C/CCCCCCCC(=O)O[C@@H](COC(=O)CCCCCCCCCCCCCCCCCCC)CO[C@H]1O[C@@H](CO)[C@@H](O)C(O)C1O. The minimum absolute atomic E-state index is 0.216. The topological polar surface area (TPSA) is 152 Å². The summed E-state index contributed by atoms with van der Waals surface area (Å²) in [5, 5.41) is 40.0. The summed E-state index contributed by atoms with van der Waals surface area (Å²) in [6.45, 7) is 3.38. The van der Waals surface area contributed by atoms with Crippen molar-refractivity contribution in [2.75, 3.05) is 19.8 Å². The number of aliphatic hydroxyl groups excluding tert-OH is 4. The van der Waals surface area contributed by atoms with Gasteiger partial charge in [0.2, 0.25) is 0 Å². The molecule has 1 aliphatic rings. The Morgan fingerprint density at radius 1 is 0.566 bits per heavy atom. The molecule has 0 aromatic carbocycles. The molecule has 1 aliphatic heterocycles.